The quantitative estimate of drug-likeness (QED) is 0.521. The molecule has 0 aromatic heterocycles. The Balaban J connectivity index is 5.35. The van der Waals surface area contributed by atoms with Gasteiger partial charge in [-0.05, 0) is 18.4 Å². The second-order valence-corrected chi connectivity index (χ2v) is 3.93. The van der Waals surface area contributed by atoms with Crippen LogP contribution in [0.25, 0.3) is 0 Å². The lowest BCUT2D eigenvalue weighted by atomic mass is 9.96. The molecule has 0 fully saturated rings. The maximum absolute atomic E-state index is 13.1. The SMILES string of the molecule is C=C/C=C(\C=C)COC(CCC=C)(C(=O)O)C(F)(F)F. The molecule has 0 amide bonds. The average molecular weight is 290 g/mol. The molecule has 1 N–H and O–H groups in total. The molecule has 0 aromatic carbocycles. The van der Waals surface area contributed by atoms with E-state index in [1.54, 1.807) is 0 Å². The zero-order valence-electron chi connectivity index (χ0n) is 10.9. The minimum Gasteiger partial charge on any atom is -0.479 e. The molecule has 0 heterocycles. The number of carboxylic acids is 1. The lowest BCUT2D eigenvalue weighted by Gasteiger charge is -2.31. The average Bonchev–Trinajstić information content (AvgIpc) is 2.35. The molecule has 6 heteroatoms. The summed E-state index contributed by atoms with van der Waals surface area (Å²) in [5, 5.41) is 8.96. The van der Waals surface area contributed by atoms with Crippen molar-refractivity contribution < 1.29 is 27.8 Å². The van der Waals surface area contributed by atoms with Gasteiger partial charge in [0.05, 0.1) is 6.61 Å². The van der Waals surface area contributed by atoms with Crippen LogP contribution in [0.4, 0.5) is 13.2 Å². The van der Waals surface area contributed by atoms with E-state index in [0.717, 1.165) is 0 Å². The van der Waals surface area contributed by atoms with Crippen molar-refractivity contribution in [3.8, 4) is 0 Å². The fraction of sp³-hybridized carbons (Fsp3) is 0.357. The van der Waals surface area contributed by atoms with Gasteiger partial charge in [0, 0.05) is 0 Å². The van der Waals surface area contributed by atoms with Crippen molar-refractivity contribution in [1.29, 1.82) is 0 Å². The van der Waals surface area contributed by atoms with Crippen molar-refractivity contribution in [2.75, 3.05) is 6.61 Å². The molecule has 112 valence electrons. The fourth-order valence-corrected chi connectivity index (χ4v) is 1.42. The second-order valence-electron chi connectivity index (χ2n) is 3.93. The smallest absolute Gasteiger partial charge is 0.428 e. The van der Waals surface area contributed by atoms with Crippen molar-refractivity contribution in [3.63, 3.8) is 0 Å². The van der Waals surface area contributed by atoms with Crippen molar-refractivity contribution in [1.82, 2.24) is 0 Å². The van der Waals surface area contributed by atoms with Crippen LogP contribution in [0.15, 0.2) is 49.6 Å². The number of hydrogen-bond donors (Lipinski definition) is 1. The Bertz CT molecular complexity index is 410. The first kappa shape index (κ1) is 18.2. The van der Waals surface area contributed by atoms with Crippen LogP contribution in [0.5, 0.6) is 0 Å². The highest BCUT2D eigenvalue weighted by molar-refractivity contribution is 5.78. The Morgan fingerprint density at radius 2 is 1.85 bits per heavy atom. The highest BCUT2D eigenvalue weighted by atomic mass is 19.4. The zero-order valence-corrected chi connectivity index (χ0v) is 10.9. The number of halogens is 3. The zero-order chi connectivity index (χ0) is 15.8. The largest absolute Gasteiger partial charge is 0.479 e. The molecule has 0 aliphatic heterocycles. The molecule has 0 aliphatic rings. The van der Waals surface area contributed by atoms with Crippen LogP contribution in [0.1, 0.15) is 12.8 Å². The van der Waals surface area contributed by atoms with E-state index < -0.39 is 30.8 Å². The minimum atomic E-state index is -5.04. The molecule has 1 unspecified atom stereocenters. The number of carboxylic acid groups (broad SMARTS) is 1. The summed E-state index contributed by atoms with van der Waals surface area (Å²) in [6.45, 7) is 9.56. The van der Waals surface area contributed by atoms with E-state index >= 15 is 0 Å². The summed E-state index contributed by atoms with van der Waals surface area (Å²) in [6.07, 6.45) is -0.695. The van der Waals surface area contributed by atoms with Crippen LogP contribution >= 0.6 is 0 Å². The first-order valence-electron chi connectivity index (χ1n) is 5.74. The number of allylic oxidation sites excluding steroid dienone is 3. The van der Waals surface area contributed by atoms with E-state index in [1.807, 2.05) is 0 Å². The van der Waals surface area contributed by atoms with Gasteiger partial charge in [-0.25, -0.2) is 4.79 Å². The van der Waals surface area contributed by atoms with Gasteiger partial charge < -0.3 is 9.84 Å². The van der Waals surface area contributed by atoms with Gasteiger partial charge in [-0.1, -0.05) is 37.5 Å². The van der Waals surface area contributed by atoms with Crippen molar-refractivity contribution in [2.24, 2.45) is 0 Å². The molecule has 0 rings (SSSR count). The topological polar surface area (TPSA) is 46.5 Å². The molecule has 1 atom stereocenters. The Kier molecular flexibility index (Phi) is 6.99. The van der Waals surface area contributed by atoms with Gasteiger partial charge in [-0.2, -0.15) is 13.2 Å². The van der Waals surface area contributed by atoms with Crippen molar-refractivity contribution >= 4 is 5.97 Å². The summed E-state index contributed by atoms with van der Waals surface area (Å²) < 4.78 is 44.0. The highest BCUT2D eigenvalue weighted by Crippen LogP contribution is 2.38. The van der Waals surface area contributed by atoms with E-state index in [4.69, 9.17) is 9.84 Å². The molecular weight excluding hydrogens is 273 g/mol. The standard InChI is InChI=1S/C14H17F3O3/c1-4-7-9-13(12(18)19,14(15,16)17)20-10-11(6-3)8-5-2/h4-6,8H,1-3,7,9-10H2,(H,18,19)/b11-8+. The van der Waals surface area contributed by atoms with Gasteiger partial charge >= 0.3 is 12.1 Å². The molecule has 3 nitrogen and oxygen atoms in total. The summed E-state index contributed by atoms with van der Waals surface area (Å²) >= 11 is 0. The van der Waals surface area contributed by atoms with E-state index in [2.05, 4.69) is 19.7 Å². The Hall–Kier alpha value is -1.82. The van der Waals surface area contributed by atoms with Crippen molar-refractivity contribution in [3.05, 3.63) is 49.6 Å². The second kappa shape index (κ2) is 7.69. The third-order valence-corrected chi connectivity index (χ3v) is 2.58. The number of alkyl halides is 3. The maximum atomic E-state index is 13.1. The Morgan fingerprint density at radius 3 is 2.20 bits per heavy atom. The van der Waals surface area contributed by atoms with Crippen LogP contribution in [-0.4, -0.2) is 29.5 Å². The maximum Gasteiger partial charge on any atom is 0.428 e. The summed E-state index contributed by atoms with van der Waals surface area (Å²) in [5.41, 5.74) is -2.96. The van der Waals surface area contributed by atoms with Gasteiger partial charge in [0.1, 0.15) is 0 Å². The van der Waals surface area contributed by atoms with E-state index in [1.165, 1.54) is 24.3 Å². The monoisotopic (exact) mass is 290 g/mol. The number of rotatable bonds is 9. The minimum absolute atomic E-state index is 0.138. The molecule has 0 saturated heterocycles. The van der Waals surface area contributed by atoms with E-state index in [9.17, 15) is 18.0 Å². The number of ether oxygens (including phenoxy) is 1. The van der Waals surface area contributed by atoms with E-state index in [-0.39, 0.29) is 6.42 Å². The number of carbonyl (C=O) groups is 1. The summed E-state index contributed by atoms with van der Waals surface area (Å²) in [4.78, 5) is 11.1. The summed E-state index contributed by atoms with van der Waals surface area (Å²) in [6, 6.07) is 0. The van der Waals surface area contributed by atoms with Crippen LogP contribution < -0.4 is 0 Å². The fourth-order valence-electron chi connectivity index (χ4n) is 1.42. The molecule has 20 heavy (non-hydrogen) atoms. The predicted octanol–water partition coefficient (Wildman–Crippen LogP) is 3.65. The molecule has 0 saturated carbocycles. The number of aliphatic carboxylic acids is 1. The normalized spacial score (nSPS) is 15.2. The van der Waals surface area contributed by atoms with Gasteiger partial charge in [-0.3, -0.25) is 0 Å². The van der Waals surface area contributed by atoms with Crippen molar-refractivity contribution in [2.45, 2.75) is 24.6 Å². The van der Waals surface area contributed by atoms with Crippen LogP contribution in [0, 0.1) is 0 Å². The Labute approximate surface area is 115 Å². The molecule has 0 radical (unpaired) electrons. The van der Waals surface area contributed by atoms with Crippen LogP contribution in [0.3, 0.4) is 0 Å². The van der Waals surface area contributed by atoms with Crippen LogP contribution in [-0.2, 0) is 9.53 Å². The molecule has 0 aromatic rings. The third kappa shape index (κ3) is 4.38. The lowest BCUT2D eigenvalue weighted by Crippen LogP contribution is -2.54. The Morgan fingerprint density at radius 1 is 1.25 bits per heavy atom. The first-order valence-corrected chi connectivity index (χ1v) is 5.74. The lowest BCUT2D eigenvalue weighted by molar-refractivity contribution is -0.274. The summed E-state index contributed by atoms with van der Waals surface area (Å²) in [7, 11) is 0. The summed E-state index contributed by atoms with van der Waals surface area (Å²) in [5.74, 6) is -2.08. The van der Waals surface area contributed by atoms with Gasteiger partial charge in [0.15, 0.2) is 0 Å². The highest BCUT2D eigenvalue weighted by Gasteiger charge is 2.61. The first-order chi connectivity index (χ1) is 9.25. The predicted molar refractivity (Wildman–Crippen MR) is 70.3 cm³/mol. The third-order valence-electron chi connectivity index (χ3n) is 2.58. The molecule has 0 aliphatic carbocycles. The molecule has 0 spiro atoms. The van der Waals surface area contributed by atoms with Gasteiger partial charge in [0.2, 0.25) is 0 Å². The van der Waals surface area contributed by atoms with Gasteiger partial charge in [-0.15, -0.1) is 6.58 Å². The van der Waals surface area contributed by atoms with Crippen LogP contribution in [0.2, 0.25) is 0 Å². The molecule has 0 bridgehead atoms. The molecular formula is C14H17F3O3. The van der Waals surface area contributed by atoms with E-state index in [0.29, 0.717) is 5.57 Å². The van der Waals surface area contributed by atoms with Gasteiger partial charge in [0.25, 0.3) is 5.60 Å². The number of hydrogen-bond acceptors (Lipinski definition) is 2.